The van der Waals surface area contributed by atoms with Gasteiger partial charge >= 0.3 is 0 Å². The molecule has 116 valence electrons. The predicted molar refractivity (Wildman–Crippen MR) is 85.0 cm³/mol. The van der Waals surface area contributed by atoms with Gasteiger partial charge in [-0.2, -0.15) is 11.8 Å². The highest BCUT2D eigenvalue weighted by atomic mass is 32.2. The number of sulfone groups is 1. The first-order valence-corrected chi connectivity index (χ1v) is 9.56. The summed E-state index contributed by atoms with van der Waals surface area (Å²) in [5.74, 6) is 0.785. The Labute approximate surface area is 129 Å². The van der Waals surface area contributed by atoms with Gasteiger partial charge in [-0.05, 0) is 13.0 Å². The number of nitrogens with two attached hydrogens (primary N) is 1. The van der Waals surface area contributed by atoms with Crippen molar-refractivity contribution in [1.29, 1.82) is 0 Å². The van der Waals surface area contributed by atoms with Crippen LogP contribution in [0.4, 0.5) is 5.69 Å². The van der Waals surface area contributed by atoms with E-state index in [-0.39, 0.29) is 17.2 Å². The fourth-order valence-electron chi connectivity index (χ4n) is 2.22. The van der Waals surface area contributed by atoms with Gasteiger partial charge in [0.1, 0.15) is 5.37 Å². The average molecular weight is 329 g/mol. The summed E-state index contributed by atoms with van der Waals surface area (Å²) in [5.41, 5.74) is 7.19. The molecule has 1 aromatic heterocycles. The number of carbonyl (C=O) groups is 1. The maximum Gasteiger partial charge on any atom is 0.258 e. The Kier molecular flexibility index (Phi) is 4.77. The van der Waals surface area contributed by atoms with Gasteiger partial charge in [0, 0.05) is 41.4 Å². The SMILES string of the molecule is CCS(=O)(=O)C1CSCCN1C(=O)c1cnc(C)cc1N. The standard InChI is InChI=1S/C13H19N3O3S2/c1-3-21(18,19)12-8-20-5-4-16(12)13(17)10-7-15-9(2)6-11(10)14/h6-7,12H,3-5,8H2,1-2H3,(H2,14,15). The highest BCUT2D eigenvalue weighted by Gasteiger charge is 2.36. The van der Waals surface area contributed by atoms with Crippen LogP contribution >= 0.6 is 11.8 Å². The molecule has 0 spiro atoms. The number of amides is 1. The highest BCUT2D eigenvalue weighted by molar-refractivity contribution is 8.01. The van der Waals surface area contributed by atoms with Gasteiger partial charge in [0.15, 0.2) is 9.84 Å². The van der Waals surface area contributed by atoms with Gasteiger partial charge in [0.25, 0.3) is 5.91 Å². The second kappa shape index (κ2) is 6.23. The molecule has 1 amide bonds. The van der Waals surface area contributed by atoms with Gasteiger partial charge < -0.3 is 10.6 Å². The van der Waals surface area contributed by atoms with Gasteiger partial charge in [-0.3, -0.25) is 9.78 Å². The van der Waals surface area contributed by atoms with E-state index in [9.17, 15) is 13.2 Å². The number of hydrogen-bond acceptors (Lipinski definition) is 6. The quantitative estimate of drug-likeness (QED) is 0.886. The van der Waals surface area contributed by atoms with Crippen LogP contribution in [0.2, 0.25) is 0 Å². The number of anilines is 1. The molecule has 1 saturated heterocycles. The van der Waals surface area contributed by atoms with Crippen molar-refractivity contribution in [3.8, 4) is 0 Å². The molecule has 1 aliphatic rings. The van der Waals surface area contributed by atoms with Crippen LogP contribution in [0.15, 0.2) is 12.3 Å². The van der Waals surface area contributed by atoms with Crippen LogP contribution in [0.5, 0.6) is 0 Å². The molecular formula is C13H19N3O3S2. The molecule has 0 aromatic carbocycles. The molecule has 2 rings (SSSR count). The molecule has 21 heavy (non-hydrogen) atoms. The zero-order valence-electron chi connectivity index (χ0n) is 12.1. The van der Waals surface area contributed by atoms with E-state index in [1.807, 2.05) is 0 Å². The lowest BCUT2D eigenvalue weighted by Crippen LogP contribution is -2.50. The smallest absolute Gasteiger partial charge is 0.258 e. The summed E-state index contributed by atoms with van der Waals surface area (Å²) < 4.78 is 24.4. The van der Waals surface area contributed by atoms with Gasteiger partial charge in [-0.25, -0.2) is 8.42 Å². The van der Waals surface area contributed by atoms with E-state index in [4.69, 9.17) is 5.73 Å². The van der Waals surface area contributed by atoms with Crippen LogP contribution in [-0.2, 0) is 9.84 Å². The van der Waals surface area contributed by atoms with E-state index in [0.717, 1.165) is 11.4 Å². The van der Waals surface area contributed by atoms with Crippen molar-refractivity contribution in [2.24, 2.45) is 0 Å². The molecule has 8 heteroatoms. The second-order valence-corrected chi connectivity index (χ2v) is 8.49. The molecule has 1 aromatic rings. The molecular weight excluding hydrogens is 310 g/mol. The molecule has 2 N–H and O–H groups in total. The number of hydrogen-bond donors (Lipinski definition) is 1. The Balaban J connectivity index is 2.35. The Morgan fingerprint density at radius 1 is 1.57 bits per heavy atom. The average Bonchev–Trinajstić information content (AvgIpc) is 2.46. The Morgan fingerprint density at radius 3 is 2.90 bits per heavy atom. The van der Waals surface area contributed by atoms with Gasteiger partial charge in [-0.15, -0.1) is 0 Å². The number of rotatable bonds is 3. The lowest BCUT2D eigenvalue weighted by Gasteiger charge is -2.34. The highest BCUT2D eigenvalue weighted by Crippen LogP contribution is 2.25. The van der Waals surface area contributed by atoms with Crippen LogP contribution < -0.4 is 5.73 Å². The van der Waals surface area contributed by atoms with Crippen LogP contribution in [-0.4, -0.2) is 53.4 Å². The minimum atomic E-state index is -3.32. The maximum atomic E-state index is 12.6. The van der Waals surface area contributed by atoms with Crippen molar-refractivity contribution in [2.45, 2.75) is 19.2 Å². The topological polar surface area (TPSA) is 93.4 Å². The summed E-state index contributed by atoms with van der Waals surface area (Å²) in [5, 5.41) is -0.783. The third-order valence-corrected chi connectivity index (χ3v) is 6.75. The van der Waals surface area contributed by atoms with E-state index in [2.05, 4.69) is 4.98 Å². The summed E-state index contributed by atoms with van der Waals surface area (Å²) >= 11 is 1.55. The maximum absolute atomic E-state index is 12.6. The first-order valence-electron chi connectivity index (χ1n) is 6.69. The summed E-state index contributed by atoms with van der Waals surface area (Å²) in [4.78, 5) is 18.1. The molecule has 1 aliphatic heterocycles. The third kappa shape index (κ3) is 3.32. The number of pyridine rings is 1. The van der Waals surface area contributed by atoms with E-state index in [1.165, 1.54) is 11.1 Å². The third-order valence-electron chi connectivity index (χ3n) is 3.47. The van der Waals surface area contributed by atoms with Gasteiger partial charge in [-0.1, -0.05) is 6.92 Å². The molecule has 0 aliphatic carbocycles. The first kappa shape index (κ1) is 16.1. The van der Waals surface area contributed by atoms with Crippen molar-refractivity contribution in [2.75, 3.05) is 29.5 Å². The molecule has 2 heterocycles. The molecule has 6 nitrogen and oxygen atoms in total. The van der Waals surface area contributed by atoms with Crippen LogP contribution in [0.3, 0.4) is 0 Å². The zero-order valence-corrected chi connectivity index (χ0v) is 13.7. The minimum absolute atomic E-state index is 0.0175. The molecule has 1 fully saturated rings. The second-order valence-electron chi connectivity index (χ2n) is 4.89. The summed E-state index contributed by atoms with van der Waals surface area (Å²) in [6, 6.07) is 1.62. The van der Waals surface area contributed by atoms with E-state index in [0.29, 0.717) is 18.0 Å². The van der Waals surface area contributed by atoms with Crippen molar-refractivity contribution >= 4 is 33.2 Å². The van der Waals surface area contributed by atoms with Crippen LogP contribution in [0.1, 0.15) is 23.0 Å². The van der Waals surface area contributed by atoms with Gasteiger partial charge in [0.05, 0.1) is 5.56 Å². The van der Waals surface area contributed by atoms with E-state index in [1.54, 1.807) is 31.7 Å². The van der Waals surface area contributed by atoms with Crippen molar-refractivity contribution in [1.82, 2.24) is 9.88 Å². The lowest BCUT2D eigenvalue weighted by molar-refractivity contribution is 0.0750. The number of aromatic nitrogens is 1. The Bertz CT molecular complexity index is 646. The van der Waals surface area contributed by atoms with E-state index >= 15 is 0 Å². The predicted octanol–water partition coefficient (Wildman–Crippen LogP) is 0.922. The lowest BCUT2D eigenvalue weighted by atomic mass is 10.2. The number of nitrogens with zero attached hydrogens (tertiary/aromatic N) is 2. The molecule has 0 saturated carbocycles. The normalized spacial score (nSPS) is 19.5. The van der Waals surface area contributed by atoms with Crippen molar-refractivity contribution in [3.63, 3.8) is 0 Å². The number of carbonyl (C=O) groups excluding carboxylic acids is 1. The fourth-order valence-corrected chi connectivity index (χ4v) is 5.18. The minimum Gasteiger partial charge on any atom is -0.398 e. The van der Waals surface area contributed by atoms with Crippen molar-refractivity contribution < 1.29 is 13.2 Å². The fraction of sp³-hybridized carbons (Fsp3) is 0.538. The monoisotopic (exact) mass is 329 g/mol. The molecule has 0 bridgehead atoms. The Morgan fingerprint density at radius 2 is 2.29 bits per heavy atom. The molecule has 1 unspecified atom stereocenters. The van der Waals surface area contributed by atoms with E-state index < -0.39 is 15.2 Å². The van der Waals surface area contributed by atoms with Crippen LogP contribution in [0.25, 0.3) is 0 Å². The number of nitrogen functional groups attached to an aromatic ring is 1. The summed E-state index contributed by atoms with van der Waals surface area (Å²) in [7, 11) is -3.32. The van der Waals surface area contributed by atoms with Gasteiger partial charge in [0.2, 0.25) is 0 Å². The Hall–Kier alpha value is -1.28. The molecule has 1 atom stereocenters. The zero-order chi connectivity index (χ0) is 15.6. The number of thioether (sulfide) groups is 1. The summed E-state index contributed by atoms with van der Waals surface area (Å²) in [6.45, 7) is 3.78. The first-order chi connectivity index (χ1) is 9.86. The number of aryl methyl sites for hydroxylation is 1. The summed E-state index contributed by atoms with van der Waals surface area (Å²) in [6.07, 6.45) is 1.42. The largest absolute Gasteiger partial charge is 0.398 e. The van der Waals surface area contributed by atoms with Crippen LogP contribution in [0, 0.1) is 6.92 Å². The molecule has 0 radical (unpaired) electrons. The van der Waals surface area contributed by atoms with Crippen molar-refractivity contribution in [3.05, 3.63) is 23.5 Å².